The van der Waals surface area contributed by atoms with Gasteiger partial charge in [0.25, 0.3) is 5.89 Å². The van der Waals surface area contributed by atoms with E-state index in [2.05, 4.69) is 10.1 Å². The van der Waals surface area contributed by atoms with Gasteiger partial charge in [0, 0.05) is 6.54 Å². The zero-order valence-corrected chi connectivity index (χ0v) is 8.87. The van der Waals surface area contributed by atoms with Gasteiger partial charge in [-0.1, -0.05) is 11.2 Å². The molecule has 2 aromatic rings. The van der Waals surface area contributed by atoms with Gasteiger partial charge in [-0.05, 0) is 11.4 Å². The van der Waals surface area contributed by atoms with E-state index in [1.165, 1.54) is 0 Å². The third kappa shape index (κ3) is 2.62. The van der Waals surface area contributed by atoms with E-state index in [-0.39, 0.29) is 0 Å². The molecule has 0 saturated heterocycles. The van der Waals surface area contributed by atoms with Crippen molar-refractivity contribution < 1.29 is 9.26 Å². The molecular weight excluding hydrogens is 214 g/mol. The van der Waals surface area contributed by atoms with Gasteiger partial charge < -0.3 is 15.0 Å². The normalized spacial score (nSPS) is 10.7. The molecule has 0 aliphatic carbocycles. The van der Waals surface area contributed by atoms with Crippen molar-refractivity contribution in [2.75, 3.05) is 13.2 Å². The average molecular weight is 225 g/mol. The molecule has 5 nitrogen and oxygen atoms in total. The van der Waals surface area contributed by atoms with E-state index in [4.69, 9.17) is 15.0 Å². The predicted molar refractivity (Wildman–Crippen MR) is 56.3 cm³/mol. The Morgan fingerprint density at radius 2 is 2.47 bits per heavy atom. The van der Waals surface area contributed by atoms with Crippen LogP contribution in [-0.4, -0.2) is 23.3 Å². The zero-order chi connectivity index (χ0) is 10.5. The second-order valence-corrected chi connectivity index (χ2v) is 3.78. The van der Waals surface area contributed by atoms with Crippen molar-refractivity contribution in [2.24, 2.45) is 5.73 Å². The average Bonchev–Trinajstić information content (AvgIpc) is 2.87. The van der Waals surface area contributed by atoms with Crippen LogP contribution in [0.3, 0.4) is 0 Å². The van der Waals surface area contributed by atoms with Gasteiger partial charge in [-0.15, -0.1) is 11.3 Å². The summed E-state index contributed by atoms with van der Waals surface area (Å²) in [5.74, 6) is 1.09. The van der Waals surface area contributed by atoms with Crippen LogP contribution in [0.15, 0.2) is 22.0 Å². The number of rotatable bonds is 5. The maximum atomic E-state index is 5.29. The van der Waals surface area contributed by atoms with Gasteiger partial charge in [0.05, 0.1) is 11.5 Å². The first-order valence-corrected chi connectivity index (χ1v) is 5.42. The molecule has 0 unspecified atom stereocenters. The molecule has 2 aromatic heterocycles. The van der Waals surface area contributed by atoms with Gasteiger partial charge in [-0.3, -0.25) is 0 Å². The van der Waals surface area contributed by atoms with Crippen molar-refractivity contribution in [1.29, 1.82) is 0 Å². The Balaban J connectivity index is 1.98. The molecule has 0 aliphatic rings. The minimum Gasteiger partial charge on any atom is -0.370 e. The van der Waals surface area contributed by atoms with E-state index in [0.29, 0.717) is 31.5 Å². The van der Waals surface area contributed by atoms with Crippen molar-refractivity contribution in [2.45, 2.75) is 6.61 Å². The Morgan fingerprint density at radius 3 is 3.20 bits per heavy atom. The molecule has 0 atom stereocenters. The van der Waals surface area contributed by atoms with Crippen LogP contribution in [0, 0.1) is 0 Å². The van der Waals surface area contributed by atoms with Crippen LogP contribution in [0.1, 0.15) is 5.89 Å². The second-order valence-electron chi connectivity index (χ2n) is 2.83. The summed E-state index contributed by atoms with van der Waals surface area (Å²) in [5, 5.41) is 5.82. The molecule has 0 spiro atoms. The lowest BCUT2D eigenvalue weighted by Crippen LogP contribution is -2.08. The molecule has 0 radical (unpaired) electrons. The summed E-state index contributed by atoms with van der Waals surface area (Å²) in [6.07, 6.45) is 0. The Labute approximate surface area is 90.9 Å². The van der Waals surface area contributed by atoms with E-state index in [0.717, 1.165) is 4.88 Å². The van der Waals surface area contributed by atoms with Gasteiger partial charge >= 0.3 is 0 Å². The fraction of sp³-hybridized carbons (Fsp3) is 0.333. The number of thiophene rings is 1. The van der Waals surface area contributed by atoms with Gasteiger partial charge in [-0.2, -0.15) is 4.98 Å². The maximum Gasteiger partial charge on any atom is 0.252 e. The van der Waals surface area contributed by atoms with Gasteiger partial charge in [0.15, 0.2) is 0 Å². The fourth-order valence-corrected chi connectivity index (χ4v) is 1.71. The predicted octanol–water partition coefficient (Wildman–Crippen LogP) is 1.27. The first-order valence-electron chi connectivity index (χ1n) is 4.54. The number of ether oxygens (including phenoxy) is 1. The van der Waals surface area contributed by atoms with Gasteiger partial charge in [0.1, 0.15) is 6.61 Å². The number of nitrogens with two attached hydrogens (primary N) is 1. The van der Waals surface area contributed by atoms with Crippen LogP contribution in [0.4, 0.5) is 0 Å². The Hall–Kier alpha value is -1.24. The minimum atomic E-state index is 0.315. The third-order valence-corrected chi connectivity index (χ3v) is 2.56. The summed E-state index contributed by atoms with van der Waals surface area (Å²) in [7, 11) is 0. The molecule has 2 N–H and O–H groups in total. The number of hydrogen-bond donors (Lipinski definition) is 1. The van der Waals surface area contributed by atoms with Crippen LogP contribution in [0.2, 0.25) is 0 Å². The smallest absolute Gasteiger partial charge is 0.252 e. The van der Waals surface area contributed by atoms with Crippen LogP contribution in [-0.2, 0) is 11.3 Å². The molecular formula is C9H11N3O2S. The molecule has 6 heteroatoms. The fourth-order valence-electron chi connectivity index (χ4n) is 1.06. The van der Waals surface area contributed by atoms with Crippen LogP contribution in [0.25, 0.3) is 10.7 Å². The van der Waals surface area contributed by atoms with Crippen molar-refractivity contribution in [1.82, 2.24) is 10.1 Å². The van der Waals surface area contributed by atoms with Gasteiger partial charge in [0.2, 0.25) is 5.82 Å². The van der Waals surface area contributed by atoms with Gasteiger partial charge in [-0.25, -0.2) is 0 Å². The molecule has 0 bridgehead atoms. The molecule has 0 aromatic carbocycles. The monoisotopic (exact) mass is 225 g/mol. The molecule has 0 amide bonds. The van der Waals surface area contributed by atoms with Crippen molar-refractivity contribution >= 4 is 11.3 Å². The Bertz CT molecular complexity index is 399. The topological polar surface area (TPSA) is 74.2 Å². The highest BCUT2D eigenvalue weighted by Gasteiger charge is 2.08. The third-order valence-electron chi connectivity index (χ3n) is 1.70. The molecule has 2 heterocycles. The van der Waals surface area contributed by atoms with Crippen LogP contribution in [0.5, 0.6) is 0 Å². The highest BCUT2D eigenvalue weighted by molar-refractivity contribution is 7.13. The molecule has 0 fully saturated rings. The zero-order valence-electron chi connectivity index (χ0n) is 8.05. The lowest BCUT2D eigenvalue weighted by Gasteiger charge is -1.95. The van der Waals surface area contributed by atoms with Crippen molar-refractivity contribution in [3.8, 4) is 10.7 Å². The van der Waals surface area contributed by atoms with Crippen molar-refractivity contribution in [3.05, 3.63) is 23.4 Å². The Morgan fingerprint density at radius 1 is 1.53 bits per heavy atom. The first-order chi connectivity index (χ1) is 7.40. The molecule has 15 heavy (non-hydrogen) atoms. The lowest BCUT2D eigenvalue weighted by molar-refractivity contribution is 0.104. The lowest BCUT2D eigenvalue weighted by atomic mass is 10.4. The van der Waals surface area contributed by atoms with E-state index < -0.39 is 0 Å². The minimum absolute atomic E-state index is 0.315. The van der Waals surface area contributed by atoms with Crippen LogP contribution >= 0.6 is 11.3 Å². The number of nitrogens with zero attached hydrogens (tertiary/aromatic N) is 2. The summed E-state index contributed by atoms with van der Waals surface area (Å²) in [6, 6.07) is 3.89. The summed E-state index contributed by atoms with van der Waals surface area (Å²) in [5.41, 5.74) is 5.29. The molecule has 2 rings (SSSR count). The second kappa shape index (κ2) is 5.01. The highest BCUT2D eigenvalue weighted by Crippen LogP contribution is 2.21. The highest BCUT2D eigenvalue weighted by atomic mass is 32.1. The number of aromatic nitrogens is 2. The summed E-state index contributed by atoms with van der Waals surface area (Å²) >= 11 is 1.57. The summed E-state index contributed by atoms with van der Waals surface area (Å²) in [4.78, 5) is 5.18. The van der Waals surface area contributed by atoms with E-state index in [1.54, 1.807) is 11.3 Å². The summed E-state index contributed by atoms with van der Waals surface area (Å²) in [6.45, 7) is 1.30. The van der Waals surface area contributed by atoms with Crippen LogP contribution < -0.4 is 5.73 Å². The molecule has 80 valence electrons. The largest absolute Gasteiger partial charge is 0.370 e. The maximum absolute atomic E-state index is 5.29. The first kappa shape index (κ1) is 10.3. The van der Waals surface area contributed by atoms with E-state index >= 15 is 0 Å². The molecule has 0 aliphatic heterocycles. The number of hydrogen-bond acceptors (Lipinski definition) is 6. The quantitative estimate of drug-likeness (QED) is 0.776. The molecule has 0 saturated carbocycles. The van der Waals surface area contributed by atoms with E-state index in [9.17, 15) is 0 Å². The van der Waals surface area contributed by atoms with Crippen molar-refractivity contribution in [3.63, 3.8) is 0 Å². The Kier molecular flexibility index (Phi) is 3.44. The summed E-state index contributed by atoms with van der Waals surface area (Å²) < 4.78 is 10.2. The SMILES string of the molecule is NCCOCc1nc(-c2cccs2)no1. The standard InChI is InChI=1S/C9H11N3O2S/c10-3-4-13-6-8-11-9(12-14-8)7-2-1-5-15-7/h1-2,5H,3-4,6,10H2. The van der Waals surface area contributed by atoms with E-state index in [1.807, 2.05) is 17.5 Å².